The molecule has 0 unspecified atom stereocenters. The molecule has 0 N–H and O–H groups in total. The summed E-state index contributed by atoms with van der Waals surface area (Å²) in [5.41, 5.74) is 1.81. The van der Waals surface area contributed by atoms with E-state index >= 15 is 0 Å². The molecule has 1 aliphatic heterocycles. The molecule has 1 aromatic carbocycles. The molecule has 2 aromatic rings. The SMILES string of the molecule is Cc1cc(Cl)cc2c(=O)n(C[C@@]3(C)CCN(C)C3)cnc12. The highest BCUT2D eigenvalue weighted by molar-refractivity contribution is 6.31. The van der Waals surface area contributed by atoms with E-state index in [0.29, 0.717) is 17.0 Å². The zero-order chi connectivity index (χ0) is 15.2. The van der Waals surface area contributed by atoms with Crippen LogP contribution in [-0.2, 0) is 6.54 Å². The first kappa shape index (κ1) is 14.5. The lowest BCUT2D eigenvalue weighted by atomic mass is 9.90. The highest BCUT2D eigenvalue weighted by Gasteiger charge is 2.32. The van der Waals surface area contributed by atoms with Crippen molar-refractivity contribution >= 4 is 22.5 Å². The number of hydrogen-bond donors (Lipinski definition) is 0. The van der Waals surface area contributed by atoms with Gasteiger partial charge in [-0.1, -0.05) is 18.5 Å². The number of halogens is 1. The van der Waals surface area contributed by atoms with Gasteiger partial charge in [-0.2, -0.15) is 0 Å². The first-order valence-electron chi connectivity index (χ1n) is 7.22. The van der Waals surface area contributed by atoms with E-state index in [0.717, 1.165) is 30.6 Å². The van der Waals surface area contributed by atoms with Crippen molar-refractivity contribution in [3.63, 3.8) is 0 Å². The van der Waals surface area contributed by atoms with Crippen LogP contribution in [0.1, 0.15) is 18.9 Å². The van der Waals surface area contributed by atoms with Crippen LogP contribution in [0.15, 0.2) is 23.3 Å². The van der Waals surface area contributed by atoms with E-state index < -0.39 is 0 Å². The molecule has 0 bridgehead atoms. The Morgan fingerprint density at radius 3 is 2.86 bits per heavy atom. The Bertz CT molecular complexity index is 755. The van der Waals surface area contributed by atoms with Crippen LogP contribution in [-0.4, -0.2) is 34.6 Å². The summed E-state index contributed by atoms with van der Waals surface area (Å²) in [6, 6.07) is 3.56. The monoisotopic (exact) mass is 305 g/mol. The standard InChI is InChI=1S/C16H20ClN3O/c1-11-6-12(17)7-13-14(11)18-10-20(15(13)21)9-16(2)4-5-19(3)8-16/h6-7,10H,4-5,8-9H2,1-3H3/t16-/m0/s1. The summed E-state index contributed by atoms with van der Waals surface area (Å²) in [6.07, 6.45) is 2.78. The molecule has 112 valence electrons. The lowest BCUT2D eigenvalue weighted by Gasteiger charge is -2.24. The molecule has 5 heteroatoms. The number of likely N-dealkylation sites (tertiary alicyclic amines) is 1. The molecule has 1 aromatic heterocycles. The van der Waals surface area contributed by atoms with Gasteiger partial charge < -0.3 is 4.90 Å². The molecule has 0 amide bonds. The molecule has 0 aliphatic carbocycles. The minimum absolute atomic E-state index is 0.00128. The predicted octanol–water partition coefficient (Wildman–Crippen LogP) is 2.70. The molecule has 0 spiro atoms. The Kier molecular flexibility index (Phi) is 3.54. The van der Waals surface area contributed by atoms with E-state index in [1.807, 2.05) is 13.0 Å². The van der Waals surface area contributed by atoms with Gasteiger partial charge in [-0.15, -0.1) is 0 Å². The van der Waals surface area contributed by atoms with Crippen molar-refractivity contribution in [3.05, 3.63) is 39.4 Å². The third-order valence-corrected chi connectivity index (χ3v) is 4.60. The van der Waals surface area contributed by atoms with Crippen LogP contribution in [0.4, 0.5) is 0 Å². The van der Waals surface area contributed by atoms with E-state index in [1.54, 1.807) is 17.0 Å². The zero-order valence-electron chi connectivity index (χ0n) is 12.7. The number of benzene rings is 1. The minimum atomic E-state index is 0.00128. The molecular weight excluding hydrogens is 286 g/mol. The lowest BCUT2D eigenvalue weighted by Crippen LogP contribution is -2.32. The lowest BCUT2D eigenvalue weighted by molar-refractivity contribution is 0.265. The van der Waals surface area contributed by atoms with Gasteiger partial charge in [0.2, 0.25) is 0 Å². The fourth-order valence-electron chi connectivity index (χ4n) is 3.33. The van der Waals surface area contributed by atoms with Gasteiger partial charge >= 0.3 is 0 Å². The third kappa shape index (κ3) is 2.70. The molecular formula is C16H20ClN3O. The van der Waals surface area contributed by atoms with Crippen molar-refractivity contribution in [3.8, 4) is 0 Å². The van der Waals surface area contributed by atoms with Gasteiger partial charge in [-0.05, 0) is 50.0 Å². The smallest absolute Gasteiger partial charge is 0.261 e. The Balaban J connectivity index is 2.05. The van der Waals surface area contributed by atoms with Gasteiger partial charge in [0.15, 0.2) is 0 Å². The molecule has 1 saturated heterocycles. The van der Waals surface area contributed by atoms with Crippen LogP contribution >= 0.6 is 11.6 Å². The number of aromatic nitrogens is 2. The highest BCUT2D eigenvalue weighted by Crippen LogP contribution is 2.30. The maximum absolute atomic E-state index is 12.7. The summed E-state index contributed by atoms with van der Waals surface area (Å²) in [5.74, 6) is 0. The molecule has 1 fully saturated rings. The van der Waals surface area contributed by atoms with E-state index in [9.17, 15) is 4.79 Å². The van der Waals surface area contributed by atoms with Gasteiger partial charge in [0.25, 0.3) is 5.56 Å². The van der Waals surface area contributed by atoms with Gasteiger partial charge in [0.05, 0.1) is 17.2 Å². The summed E-state index contributed by atoms with van der Waals surface area (Å²) in [5, 5.41) is 1.20. The quantitative estimate of drug-likeness (QED) is 0.856. The Morgan fingerprint density at radius 1 is 1.43 bits per heavy atom. The Labute approximate surface area is 129 Å². The molecule has 0 saturated carbocycles. The fraction of sp³-hybridized carbons (Fsp3) is 0.500. The molecule has 1 aliphatic rings. The van der Waals surface area contributed by atoms with E-state index in [1.165, 1.54) is 0 Å². The number of rotatable bonds is 2. The number of hydrogen-bond acceptors (Lipinski definition) is 3. The second kappa shape index (κ2) is 5.11. The van der Waals surface area contributed by atoms with E-state index in [-0.39, 0.29) is 11.0 Å². The number of aryl methyl sites for hydroxylation is 1. The van der Waals surface area contributed by atoms with Crippen molar-refractivity contribution < 1.29 is 0 Å². The molecule has 3 rings (SSSR count). The first-order valence-corrected chi connectivity index (χ1v) is 7.60. The summed E-state index contributed by atoms with van der Waals surface area (Å²) < 4.78 is 1.73. The van der Waals surface area contributed by atoms with Gasteiger partial charge in [-0.25, -0.2) is 4.98 Å². The second-order valence-electron chi connectivity index (χ2n) is 6.59. The van der Waals surface area contributed by atoms with Crippen LogP contribution in [0.2, 0.25) is 5.02 Å². The minimum Gasteiger partial charge on any atom is -0.306 e. The molecule has 2 heterocycles. The normalized spacial score (nSPS) is 23.0. The molecule has 1 atom stereocenters. The summed E-state index contributed by atoms with van der Waals surface area (Å²) in [4.78, 5) is 19.5. The zero-order valence-corrected chi connectivity index (χ0v) is 13.4. The van der Waals surface area contributed by atoms with Crippen molar-refractivity contribution in [1.29, 1.82) is 0 Å². The highest BCUT2D eigenvalue weighted by atomic mass is 35.5. The Hall–Kier alpha value is -1.39. The summed E-state index contributed by atoms with van der Waals surface area (Å²) >= 11 is 6.08. The number of nitrogens with zero attached hydrogens (tertiary/aromatic N) is 3. The van der Waals surface area contributed by atoms with Crippen molar-refractivity contribution in [2.75, 3.05) is 20.1 Å². The maximum Gasteiger partial charge on any atom is 0.261 e. The van der Waals surface area contributed by atoms with Gasteiger partial charge in [0, 0.05) is 18.1 Å². The van der Waals surface area contributed by atoms with Crippen molar-refractivity contribution in [1.82, 2.24) is 14.5 Å². The topological polar surface area (TPSA) is 38.1 Å². The second-order valence-corrected chi connectivity index (χ2v) is 7.03. The van der Waals surface area contributed by atoms with Crippen molar-refractivity contribution in [2.45, 2.75) is 26.8 Å². The van der Waals surface area contributed by atoms with Gasteiger partial charge in [-0.3, -0.25) is 9.36 Å². The van der Waals surface area contributed by atoms with E-state index in [4.69, 9.17) is 11.6 Å². The molecule has 21 heavy (non-hydrogen) atoms. The fourth-order valence-corrected chi connectivity index (χ4v) is 3.60. The summed E-state index contributed by atoms with van der Waals surface area (Å²) in [6.45, 7) is 6.95. The van der Waals surface area contributed by atoms with Crippen LogP contribution in [0.3, 0.4) is 0 Å². The Morgan fingerprint density at radius 2 is 2.19 bits per heavy atom. The van der Waals surface area contributed by atoms with Crippen molar-refractivity contribution in [2.24, 2.45) is 5.41 Å². The van der Waals surface area contributed by atoms with E-state index in [2.05, 4.69) is 23.9 Å². The summed E-state index contributed by atoms with van der Waals surface area (Å²) in [7, 11) is 2.12. The third-order valence-electron chi connectivity index (χ3n) is 4.38. The largest absolute Gasteiger partial charge is 0.306 e. The molecule has 0 radical (unpaired) electrons. The average Bonchev–Trinajstić information content (AvgIpc) is 2.73. The maximum atomic E-state index is 12.7. The number of fused-ring (bicyclic) bond motifs is 1. The predicted molar refractivity (Wildman–Crippen MR) is 86.0 cm³/mol. The average molecular weight is 306 g/mol. The van der Waals surface area contributed by atoms with Crippen LogP contribution in [0.5, 0.6) is 0 Å². The van der Waals surface area contributed by atoms with Crippen LogP contribution < -0.4 is 5.56 Å². The van der Waals surface area contributed by atoms with Crippen LogP contribution in [0.25, 0.3) is 10.9 Å². The molecule has 4 nitrogen and oxygen atoms in total. The van der Waals surface area contributed by atoms with Crippen LogP contribution in [0, 0.1) is 12.3 Å². The van der Waals surface area contributed by atoms with Gasteiger partial charge in [0.1, 0.15) is 0 Å². The first-order chi connectivity index (χ1) is 9.88.